The van der Waals surface area contributed by atoms with Gasteiger partial charge in [0.1, 0.15) is 4.60 Å². The van der Waals surface area contributed by atoms with Gasteiger partial charge >= 0.3 is 5.97 Å². The summed E-state index contributed by atoms with van der Waals surface area (Å²) in [5.41, 5.74) is -1.24. The lowest BCUT2D eigenvalue weighted by Gasteiger charge is -2.07. The predicted octanol–water partition coefficient (Wildman–Crippen LogP) is 2.55. The van der Waals surface area contributed by atoms with Gasteiger partial charge < -0.3 is 5.11 Å². The predicted molar refractivity (Wildman–Crippen MR) is 48.2 cm³/mol. The molecule has 1 heterocycles. The second-order valence-electron chi connectivity index (χ2n) is 2.67. The lowest BCUT2D eigenvalue weighted by Crippen LogP contribution is -2.08. The standard InChI is InChI=1S/C8H5BrF3NO2/c9-5-1-3(7(10)11)4(2-6(14)15)8(12)13-5/h1,7H,2H2,(H,14,15). The van der Waals surface area contributed by atoms with Gasteiger partial charge in [-0.2, -0.15) is 4.39 Å². The highest BCUT2D eigenvalue weighted by molar-refractivity contribution is 9.10. The normalized spacial score (nSPS) is 10.7. The van der Waals surface area contributed by atoms with Crippen LogP contribution in [0.2, 0.25) is 0 Å². The number of carboxylic acid groups (broad SMARTS) is 1. The number of halogens is 4. The number of aromatic nitrogens is 1. The summed E-state index contributed by atoms with van der Waals surface area (Å²) >= 11 is 2.75. The van der Waals surface area contributed by atoms with E-state index in [9.17, 15) is 18.0 Å². The molecule has 0 fully saturated rings. The molecule has 0 saturated heterocycles. The minimum absolute atomic E-state index is 0.0931. The van der Waals surface area contributed by atoms with Gasteiger partial charge in [-0.25, -0.2) is 13.8 Å². The third kappa shape index (κ3) is 2.92. The van der Waals surface area contributed by atoms with Crippen LogP contribution in [-0.4, -0.2) is 16.1 Å². The number of rotatable bonds is 3. The van der Waals surface area contributed by atoms with Crippen LogP contribution in [0.25, 0.3) is 0 Å². The van der Waals surface area contributed by atoms with Gasteiger partial charge in [-0.05, 0) is 22.0 Å². The Morgan fingerprint density at radius 2 is 2.20 bits per heavy atom. The van der Waals surface area contributed by atoms with Gasteiger partial charge in [0.05, 0.1) is 6.42 Å². The maximum absolute atomic E-state index is 13.1. The summed E-state index contributed by atoms with van der Waals surface area (Å²) in [6, 6.07) is 0.909. The first-order valence-electron chi connectivity index (χ1n) is 3.76. The van der Waals surface area contributed by atoms with Gasteiger partial charge in [-0.3, -0.25) is 4.79 Å². The van der Waals surface area contributed by atoms with Crippen molar-refractivity contribution in [1.82, 2.24) is 4.98 Å². The summed E-state index contributed by atoms with van der Waals surface area (Å²) in [4.78, 5) is 13.6. The molecule has 82 valence electrons. The third-order valence-corrected chi connectivity index (χ3v) is 2.05. The highest BCUT2D eigenvalue weighted by Gasteiger charge is 2.20. The second-order valence-corrected chi connectivity index (χ2v) is 3.49. The fraction of sp³-hybridized carbons (Fsp3) is 0.250. The summed E-state index contributed by atoms with van der Waals surface area (Å²) in [6.07, 6.45) is -3.75. The Hall–Kier alpha value is -1.11. The summed E-state index contributed by atoms with van der Waals surface area (Å²) in [5, 5.41) is 8.42. The van der Waals surface area contributed by atoms with Crippen molar-refractivity contribution in [2.24, 2.45) is 0 Å². The number of alkyl halides is 2. The first kappa shape index (κ1) is 12.0. The number of pyridine rings is 1. The van der Waals surface area contributed by atoms with E-state index in [1.807, 2.05) is 0 Å². The van der Waals surface area contributed by atoms with Crippen LogP contribution in [0.3, 0.4) is 0 Å². The Bertz CT molecular complexity index is 398. The molecule has 0 aliphatic carbocycles. The number of nitrogens with zero attached hydrogens (tertiary/aromatic N) is 1. The number of aliphatic carboxylic acids is 1. The zero-order valence-corrected chi connectivity index (χ0v) is 8.76. The van der Waals surface area contributed by atoms with Crippen LogP contribution in [0.1, 0.15) is 17.6 Å². The Balaban J connectivity index is 3.26. The molecule has 15 heavy (non-hydrogen) atoms. The first-order valence-corrected chi connectivity index (χ1v) is 4.56. The molecule has 0 aromatic carbocycles. The zero-order chi connectivity index (χ0) is 11.6. The van der Waals surface area contributed by atoms with Gasteiger partial charge in [0, 0.05) is 11.1 Å². The van der Waals surface area contributed by atoms with Crippen molar-refractivity contribution in [3.8, 4) is 0 Å². The summed E-state index contributed by atoms with van der Waals surface area (Å²) < 4.78 is 37.9. The van der Waals surface area contributed by atoms with E-state index in [0.717, 1.165) is 6.07 Å². The van der Waals surface area contributed by atoms with Gasteiger partial charge in [-0.1, -0.05) is 0 Å². The second kappa shape index (κ2) is 4.61. The molecule has 0 aliphatic rings. The monoisotopic (exact) mass is 283 g/mol. The fourth-order valence-corrected chi connectivity index (χ4v) is 1.45. The molecule has 0 radical (unpaired) electrons. The van der Waals surface area contributed by atoms with Crippen LogP contribution in [0, 0.1) is 5.95 Å². The molecule has 0 atom stereocenters. The Morgan fingerprint density at radius 3 is 2.67 bits per heavy atom. The molecule has 1 rings (SSSR count). The molecule has 0 aliphatic heterocycles. The molecule has 0 unspecified atom stereocenters. The third-order valence-electron chi connectivity index (χ3n) is 1.64. The Kier molecular flexibility index (Phi) is 3.67. The first-order chi connectivity index (χ1) is 6.91. The maximum atomic E-state index is 13.1. The van der Waals surface area contributed by atoms with Crippen molar-refractivity contribution in [2.45, 2.75) is 12.8 Å². The highest BCUT2D eigenvalue weighted by Crippen LogP contribution is 2.27. The zero-order valence-electron chi connectivity index (χ0n) is 7.18. The summed E-state index contributed by atoms with van der Waals surface area (Å²) in [6.45, 7) is 0. The van der Waals surface area contributed by atoms with Gasteiger partial charge in [0.25, 0.3) is 6.43 Å². The van der Waals surface area contributed by atoms with Crippen molar-refractivity contribution in [3.63, 3.8) is 0 Å². The van der Waals surface area contributed by atoms with Crippen LogP contribution in [-0.2, 0) is 11.2 Å². The van der Waals surface area contributed by atoms with Crippen molar-refractivity contribution in [1.29, 1.82) is 0 Å². The molecule has 1 N–H and O–H groups in total. The van der Waals surface area contributed by atoms with Crippen molar-refractivity contribution < 1.29 is 23.1 Å². The molecular weight excluding hydrogens is 279 g/mol. The van der Waals surface area contributed by atoms with E-state index in [0.29, 0.717) is 0 Å². The van der Waals surface area contributed by atoms with Crippen molar-refractivity contribution in [2.75, 3.05) is 0 Å². The fourth-order valence-electron chi connectivity index (χ4n) is 1.05. The highest BCUT2D eigenvalue weighted by atomic mass is 79.9. The van der Waals surface area contributed by atoms with Crippen molar-refractivity contribution in [3.05, 3.63) is 27.7 Å². The molecule has 0 saturated carbocycles. The van der Waals surface area contributed by atoms with Gasteiger partial charge in [0.2, 0.25) is 5.95 Å². The molecule has 0 bridgehead atoms. The minimum Gasteiger partial charge on any atom is -0.481 e. The molecule has 7 heteroatoms. The SMILES string of the molecule is O=C(O)Cc1c(C(F)F)cc(Br)nc1F. The summed E-state index contributed by atoms with van der Waals surface area (Å²) in [7, 11) is 0. The van der Waals surface area contributed by atoms with E-state index in [2.05, 4.69) is 20.9 Å². The van der Waals surface area contributed by atoms with Crippen LogP contribution in [0.15, 0.2) is 10.7 Å². The number of hydrogen-bond acceptors (Lipinski definition) is 2. The molecule has 0 amide bonds. The Morgan fingerprint density at radius 1 is 1.60 bits per heavy atom. The van der Waals surface area contributed by atoms with E-state index < -0.39 is 35.9 Å². The summed E-state index contributed by atoms with van der Waals surface area (Å²) in [5.74, 6) is -2.58. The molecule has 0 spiro atoms. The van der Waals surface area contributed by atoms with E-state index >= 15 is 0 Å². The molecular formula is C8H5BrF3NO2. The maximum Gasteiger partial charge on any atom is 0.308 e. The average molecular weight is 284 g/mol. The number of carbonyl (C=O) groups is 1. The van der Waals surface area contributed by atoms with Gasteiger partial charge in [0.15, 0.2) is 0 Å². The van der Waals surface area contributed by atoms with E-state index in [4.69, 9.17) is 5.11 Å². The topological polar surface area (TPSA) is 50.2 Å². The minimum atomic E-state index is -2.94. The van der Waals surface area contributed by atoms with Crippen LogP contribution in [0.4, 0.5) is 13.2 Å². The van der Waals surface area contributed by atoms with Crippen LogP contribution < -0.4 is 0 Å². The number of carboxylic acids is 1. The molecule has 3 nitrogen and oxygen atoms in total. The quantitative estimate of drug-likeness (QED) is 0.868. The van der Waals surface area contributed by atoms with Crippen molar-refractivity contribution >= 4 is 21.9 Å². The molecule has 1 aromatic rings. The van der Waals surface area contributed by atoms with E-state index in [-0.39, 0.29) is 4.60 Å². The lowest BCUT2D eigenvalue weighted by molar-refractivity contribution is -0.136. The van der Waals surface area contributed by atoms with E-state index in [1.54, 1.807) is 0 Å². The van der Waals surface area contributed by atoms with Crippen LogP contribution >= 0.6 is 15.9 Å². The Labute approximate surface area is 91.1 Å². The average Bonchev–Trinajstić information content (AvgIpc) is 2.08. The lowest BCUT2D eigenvalue weighted by atomic mass is 10.1. The van der Waals surface area contributed by atoms with Gasteiger partial charge in [-0.15, -0.1) is 0 Å². The van der Waals surface area contributed by atoms with E-state index in [1.165, 1.54) is 0 Å². The smallest absolute Gasteiger partial charge is 0.308 e. The number of hydrogen-bond donors (Lipinski definition) is 1. The molecule has 1 aromatic heterocycles. The largest absolute Gasteiger partial charge is 0.481 e. The van der Waals surface area contributed by atoms with Crippen LogP contribution in [0.5, 0.6) is 0 Å².